The van der Waals surface area contributed by atoms with Crippen LogP contribution in [0.2, 0.25) is 0 Å². The average Bonchev–Trinajstić information content (AvgIpc) is 2.29. The molecule has 1 N–H and O–H groups in total. The molecule has 0 bridgehead atoms. The topological polar surface area (TPSA) is 12.0 Å². The summed E-state index contributed by atoms with van der Waals surface area (Å²) in [6.07, 6.45) is -2.93. The van der Waals surface area contributed by atoms with Crippen LogP contribution < -0.4 is 5.32 Å². The predicted octanol–water partition coefficient (Wildman–Crippen LogP) is 3.31. The van der Waals surface area contributed by atoms with E-state index in [-0.39, 0.29) is 11.5 Å². The summed E-state index contributed by atoms with van der Waals surface area (Å²) in [5.74, 6) is -1.02. The Labute approximate surface area is 96.8 Å². The number of hydrogen-bond donors (Lipinski definition) is 1. The van der Waals surface area contributed by atoms with Crippen molar-refractivity contribution in [1.82, 2.24) is 5.32 Å². The molecule has 1 fully saturated rings. The molecular weight excluding hydrogens is 234 g/mol. The van der Waals surface area contributed by atoms with Gasteiger partial charge in [-0.3, -0.25) is 0 Å². The summed E-state index contributed by atoms with van der Waals surface area (Å²) in [5.41, 5.74) is -0.641. The van der Waals surface area contributed by atoms with Crippen molar-refractivity contribution in [3.05, 3.63) is 35.1 Å². The number of hydrogen-bond acceptors (Lipinski definition) is 1. The molecule has 1 aromatic rings. The Hall–Kier alpha value is -1.10. The first-order valence-corrected chi connectivity index (χ1v) is 5.56. The molecule has 0 saturated carbocycles. The average molecular weight is 247 g/mol. The summed E-state index contributed by atoms with van der Waals surface area (Å²) in [4.78, 5) is 0. The standard InChI is InChI=1S/C12H13F4N/c13-9-3-4-10(8-2-1-5-17-7-8)11(6-9)12(14,15)16/h3-4,6,8,17H,1-2,5,7H2. The molecule has 17 heavy (non-hydrogen) atoms. The van der Waals surface area contributed by atoms with Gasteiger partial charge in [-0.25, -0.2) is 4.39 Å². The Bertz CT molecular complexity index is 394. The molecule has 1 aliphatic heterocycles. The first kappa shape index (κ1) is 12.4. The molecule has 1 unspecified atom stereocenters. The van der Waals surface area contributed by atoms with Crippen LogP contribution in [0.5, 0.6) is 0 Å². The highest BCUT2D eigenvalue weighted by Crippen LogP contribution is 2.37. The monoisotopic (exact) mass is 247 g/mol. The molecule has 0 radical (unpaired) electrons. The van der Waals surface area contributed by atoms with Gasteiger partial charge in [0.05, 0.1) is 5.56 Å². The first-order valence-electron chi connectivity index (χ1n) is 5.56. The van der Waals surface area contributed by atoms with Crippen LogP contribution in [-0.4, -0.2) is 13.1 Å². The lowest BCUT2D eigenvalue weighted by atomic mass is 9.88. The van der Waals surface area contributed by atoms with Crippen molar-refractivity contribution < 1.29 is 17.6 Å². The third-order valence-corrected chi connectivity index (χ3v) is 3.06. The molecule has 1 atom stereocenters. The molecule has 0 amide bonds. The predicted molar refractivity (Wildman–Crippen MR) is 56.2 cm³/mol. The largest absolute Gasteiger partial charge is 0.416 e. The van der Waals surface area contributed by atoms with Crippen LogP contribution >= 0.6 is 0 Å². The number of rotatable bonds is 1. The molecule has 1 heterocycles. The van der Waals surface area contributed by atoms with E-state index in [2.05, 4.69) is 5.32 Å². The molecule has 1 saturated heterocycles. The van der Waals surface area contributed by atoms with Crippen molar-refractivity contribution in [2.24, 2.45) is 0 Å². The van der Waals surface area contributed by atoms with E-state index in [9.17, 15) is 17.6 Å². The van der Waals surface area contributed by atoms with Crippen molar-refractivity contribution >= 4 is 0 Å². The van der Waals surface area contributed by atoms with Gasteiger partial charge in [0.15, 0.2) is 0 Å². The Morgan fingerprint density at radius 1 is 1.24 bits per heavy atom. The SMILES string of the molecule is Fc1ccc(C2CCCNC2)c(C(F)(F)F)c1. The lowest BCUT2D eigenvalue weighted by Crippen LogP contribution is -2.29. The van der Waals surface area contributed by atoms with Gasteiger partial charge in [0.1, 0.15) is 5.82 Å². The van der Waals surface area contributed by atoms with E-state index >= 15 is 0 Å². The van der Waals surface area contributed by atoms with Crippen molar-refractivity contribution in [2.75, 3.05) is 13.1 Å². The second-order valence-corrected chi connectivity index (χ2v) is 4.27. The molecule has 1 aromatic carbocycles. The quantitative estimate of drug-likeness (QED) is 0.751. The van der Waals surface area contributed by atoms with Gasteiger partial charge >= 0.3 is 6.18 Å². The van der Waals surface area contributed by atoms with Gasteiger partial charge in [0.2, 0.25) is 0 Å². The second kappa shape index (κ2) is 4.64. The fourth-order valence-electron chi connectivity index (χ4n) is 2.25. The number of alkyl halides is 3. The van der Waals surface area contributed by atoms with Gasteiger partial charge in [-0.15, -0.1) is 0 Å². The van der Waals surface area contributed by atoms with Crippen LogP contribution in [0.3, 0.4) is 0 Å². The maximum Gasteiger partial charge on any atom is 0.416 e. The number of halogens is 4. The van der Waals surface area contributed by atoms with Gasteiger partial charge in [0, 0.05) is 6.54 Å². The van der Waals surface area contributed by atoms with Crippen LogP contribution in [-0.2, 0) is 6.18 Å². The third-order valence-electron chi connectivity index (χ3n) is 3.06. The smallest absolute Gasteiger partial charge is 0.316 e. The molecule has 0 aliphatic carbocycles. The number of piperidine rings is 1. The summed E-state index contributed by atoms with van der Waals surface area (Å²) in [7, 11) is 0. The number of nitrogens with one attached hydrogen (secondary N) is 1. The lowest BCUT2D eigenvalue weighted by Gasteiger charge is -2.25. The summed E-state index contributed by atoms with van der Waals surface area (Å²) in [5, 5.41) is 3.07. The minimum Gasteiger partial charge on any atom is -0.316 e. The van der Waals surface area contributed by atoms with E-state index in [1.807, 2.05) is 0 Å². The van der Waals surface area contributed by atoms with Crippen molar-refractivity contribution in [3.8, 4) is 0 Å². The van der Waals surface area contributed by atoms with Gasteiger partial charge in [-0.05, 0) is 43.0 Å². The van der Waals surface area contributed by atoms with E-state index in [0.29, 0.717) is 19.0 Å². The van der Waals surface area contributed by atoms with E-state index in [4.69, 9.17) is 0 Å². The maximum absolute atomic E-state index is 12.9. The van der Waals surface area contributed by atoms with Gasteiger partial charge in [-0.2, -0.15) is 13.2 Å². The minimum atomic E-state index is -4.49. The van der Waals surface area contributed by atoms with E-state index in [0.717, 1.165) is 19.0 Å². The molecule has 1 aliphatic rings. The highest BCUT2D eigenvalue weighted by molar-refractivity contribution is 5.34. The molecule has 0 aromatic heterocycles. The minimum absolute atomic E-state index is 0.180. The molecule has 94 valence electrons. The van der Waals surface area contributed by atoms with Gasteiger partial charge in [0.25, 0.3) is 0 Å². The van der Waals surface area contributed by atoms with Crippen LogP contribution in [0, 0.1) is 5.82 Å². The fraction of sp³-hybridized carbons (Fsp3) is 0.500. The van der Waals surface area contributed by atoms with Crippen LogP contribution in [0.1, 0.15) is 29.9 Å². The number of benzene rings is 1. The Morgan fingerprint density at radius 3 is 2.59 bits per heavy atom. The molecule has 0 spiro atoms. The van der Waals surface area contributed by atoms with Gasteiger partial charge in [-0.1, -0.05) is 6.07 Å². The Kier molecular flexibility index (Phi) is 3.38. The summed E-state index contributed by atoms with van der Waals surface area (Å²) in [6.45, 7) is 1.35. The van der Waals surface area contributed by atoms with Crippen LogP contribution in [0.25, 0.3) is 0 Å². The zero-order valence-corrected chi connectivity index (χ0v) is 9.15. The lowest BCUT2D eigenvalue weighted by molar-refractivity contribution is -0.138. The van der Waals surface area contributed by atoms with E-state index < -0.39 is 17.6 Å². The van der Waals surface area contributed by atoms with Gasteiger partial charge < -0.3 is 5.32 Å². The Morgan fingerprint density at radius 2 is 2.00 bits per heavy atom. The maximum atomic E-state index is 12.9. The molecular formula is C12H13F4N. The fourth-order valence-corrected chi connectivity index (χ4v) is 2.25. The molecule has 2 rings (SSSR count). The second-order valence-electron chi connectivity index (χ2n) is 4.27. The van der Waals surface area contributed by atoms with E-state index in [1.54, 1.807) is 0 Å². The first-order chi connectivity index (χ1) is 7.98. The van der Waals surface area contributed by atoms with Crippen molar-refractivity contribution in [3.63, 3.8) is 0 Å². The highest BCUT2D eigenvalue weighted by atomic mass is 19.4. The zero-order chi connectivity index (χ0) is 12.5. The summed E-state index contributed by atoms with van der Waals surface area (Å²) >= 11 is 0. The molecule has 5 heteroatoms. The van der Waals surface area contributed by atoms with Crippen molar-refractivity contribution in [2.45, 2.75) is 24.9 Å². The zero-order valence-electron chi connectivity index (χ0n) is 9.15. The van der Waals surface area contributed by atoms with Crippen molar-refractivity contribution in [1.29, 1.82) is 0 Å². The highest BCUT2D eigenvalue weighted by Gasteiger charge is 2.35. The third kappa shape index (κ3) is 2.77. The summed E-state index contributed by atoms with van der Waals surface area (Å²) < 4.78 is 51.3. The normalized spacial score (nSPS) is 21.5. The Balaban J connectivity index is 2.38. The van der Waals surface area contributed by atoms with E-state index in [1.165, 1.54) is 6.07 Å². The van der Waals surface area contributed by atoms with Crippen LogP contribution in [0.4, 0.5) is 17.6 Å². The van der Waals surface area contributed by atoms with Crippen LogP contribution in [0.15, 0.2) is 18.2 Å². The summed E-state index contributed by atoms with van der Waals surface area (Å²) in [6, 6.07) is 2.94. The molecule has 1 nitrogen and oxygen atoms in total.